The Morgan fingerprint density at radius 2 is 1.89 bits per heavy atom. The highest BCUT2D eigenvalue weighted by Crippen LogP contribution is 2.42. The van der Waals surface area contributed by atoms with Crippen LogP contribution < -0.4 is 10.1 Å². The third kappa shape index (κ3) is 6.12. The third-order valence-electron chi connectivity index (χ3n) is 6.51. The molecule has 2 N–H and O–H groups in total. The zero-order chi connectivity index (χ0) is 26.7. The van der Waals surface area contributed by atoms with Gasteiger partial charge in [-0.2, -0.15) is 18.3 Å². The number of halogens is 3. The van der Waals surface area contributed by atoms with E-state index in [9.17, 15) is 22.8 Å². The zero-order valence-corrected chi connectivity index (χ0v) is 20.5. The van der Waals surface area contributed by atoms with Gasteiger partial charge in [0, 0.05) is 24.2 Å². The topological polar surface area (TPSA) is 93.5 Å². The van der Waals surface area contributed by atoms with E-state index < -0.39 is 17.7 Å². The van der Waals surface area contributed by atoms with Crippen LogP contribution in [0, 0.1) is 19.8 Å². The van der Waals surface area contributed by atoms with Crippen LogP contribution in [-0.4, -0.2) is 33.3 Å². The second kappa shape index (κ2) is 10.7. The molecule has 37 heavy (non-hydrogen) atoms. The van der Waals surface area contributed by atoms with E-state index >= 15 is 0 Å². The first-order valence-corrected chi connectivity index (χ1v) is 12.0. The van der Waals surface area contributed by atoms with E-state index in [0.29, 0.717) is 17.0 Å². The minimum absolute atomic E-state index is 0.0305. The van der Waals surface area contributed by atoms with Crippen molar-refractivity contribution in [2.75, 3.05) is 6.54 Å². The Bertz CT molecular complexity index is 1280. The lowest BCUT2D eigenvalue weighted by Gasteiger charge is -2.35. The summed E-state index contributed by atoms with van der Waals surface area (Å²) in [5.74, 6) is -0.717. The van der Waals surface area contributed by atoms with Crippen molar-refractivity contribution >= 4 is 11.9 Å². The number of aryl methyl sites for hydroxylation is 2. The lowest BCUT2D eigenvalue weighted by Crippen LogP contribution is -2.27. The van der Waals surface area contributed by atoms with Crippen molar-refractivity contribution in [1.82, 2.24) is 15.1 Å². The molecule has 1 aliphatic rings. The van der Waals surface area contributed by atoms with Crippen LogP contribution in [0.15, 0.2) is 48.8 Å². The summed E-state index contributed by atoms with van der Waals surface area (Å²) in [6, 6.07) is 10.6. The van der Waals surface area contributed by atoms with Gasteiger partial charge in [-0.3, -0.25) is 9.59 Å². The van der Waals surface area contributed by atoms with Gasteiger partial charge >= 0.3 is 12.1 Å². The molecule has 0 aliphatic heterocycles. The molecule has 7 nitrogen and oxygen atoms in total. The predicted octanol–water partition coefficient (Wildman–Crippen LogP) is 5.63. The second-order valence-corrected chi connectivity index (χ2v) is 9.35. The summed E-state index contributed by atoms with van der Waals surface area (Å²) >= 11 is 0. The molecule has 2 aromatic carbocycles. The van der Waals surface area contributed by atoms with Gasteiger partial charge in [0.2, 0.25) is 0 Å². The monoisotopic (exact) mass is 515 g/mol. The molecule has 1 heterocycles. The maximum atomic E-state index is 13.2. The highest BCUT2D eigenvalue weighted by Gasteiger charge is 2.34. The quantitative estimate of drug-likeness (QED) is 0.385. The lowest BCUT2D eigenvalue weighted by atomic mass is 9.78. The van der Waals surface area contributed by atoms with Gasteiger partial charge in [-0.05, 0) is 61.6 Å². The van der Waals surface area contributed by atoms with Crippen LogP contribution in [0.3, 0.4) is 0 Å². The maximum Gasteiger partial charge on any atom is 0.419 e. The van der Waals surface area contributed by atoms with Crippen molar-refractivity contribution in [3.63, 3.8) is 0 Å². The van der Waals surface area contributed by atoms with Gasteiger partial charge in [-0.25, -0.2) is 4.68 Å². The van der Waals surface area contributed by atoms with Crippen molar-refractivity contribution in [1.29, 1.82) is 0 Å². The van der Waals surface area contributed by atoms with Crippen molar-refractivity contribution in [2.24, 2.45) is 5.92 Å². The minimum atomic E-state index is -4.51. The van der Waals surface area contributed by atoms with Crippen LogP contribution in [0.25, 0.3) is 5.69 Å². The van der Waals surface area contributed by atoms with Crippen LogP contribution in [0.4, 0.5) is 13.2 Å². The number of amides is 1. The molecule has 1 atom stereocenters. The normalized spacial score (nSPS) is 14.6. The molecule has 0 saturated heterocycles. The number of carbonyl (C=O) groups is 2. The Labute approximate surface area is 212 Å². The van der Waals surface area contributed by atoms with E-state index in [-0.39, 0.29) is 30.9 Å². The van der Waals surface area contributed by atoms with Crippen LogP contribution in [-0.2, 0) is 11.0 Å². The van der Waals surface area contributed by atoms with Gasteiger partial charge in [-0.1, -0.05) is 24.6 Å². The number of ether oxygens (including phenoxy) is 1. The summed E-state index contributed by atoms with van der Waals surface area (Å²) < 4.78 is 47.4. The number of benzene rings is 2. The number of aromatic nitrogens is 2. The number of hydrogen-bond donors (Lipinski definition) is 2. The molecule has 1 saturated carbocycles. The van der Waals surface area contributed by atoms with E-state index in [0.717, 1.165) is 48.3 Å². The van der Waals surface area contributed by atoms with E-state index in [1.165, 1.54) is 4.68 Å². The number of carboxylic acids is 1. The first-order chi connectivity index (χ1) is 17.5. The summed E-state index contributed by atoms with van der Waals surface area (Å²) in [6.07, 6.45) is -0.329. The average Bonchev–Trinajstić information content (AvgIpc) is 3.27. The number of rotatable bonds is 9. The number of nitrogens with one attached hydrogen (secondary N) is 1. The van der Waals surface area contributed by atoms with E-state index in [1.54, 1.807) is 37.3 Å². The van der Waals surface area contributed by atoms with Crippen LogP contribution >= 0.6 is 0 Å². The highest BCUT2D eigenvalue weighted by molar-refractivity contribution is 5.94. The largest absolute Gasteiger partial charge is 0.483 e. The molecule has 0 bridgehead atoms. The molecule has 196 valence electrons. The summed E-state index contributed by atoms with van der Waals surface area (Å²) in [5, 5.41) is 15.3. The highest BCUT2D eigenvalue weighted by atomic mass is 19.4. The fourth-order valence-corrected chi connectivity index (χ4v) is 4.42. The van der Waals surface area contributed by atoms with E-state index in [4.69, 9.17) is 9.84 Å². The lowest BCUT2D eigenvalue weighted by molar-refractivity contribution is -0.138. The summed E-state index contributed by atoms with van der Waals surface area (Å²) in [6.45, 7) is 3.73. The van der Waals surface area contributed by atoms with Gasteiger partial charge < -0.3 is 15.2 Å². The Hall–Kier alpha value is -3.82. The molecular weight excluding hydrogens is 487 g/mol. The smallest absolute Gasteiger partial charge is 0.419 e. The van der Waals surface area contributed by atoms with Crippen molar-refractivity contribution in [3.8, 4) is 11.4 Å². The number of nitrogens with zero attached hydrogens (tertiary/aromatic N) is 2. The summed E-state index contributed by atoms with van der Waals surface area (Å²) in [5.41, 5.74) is 2.47. The van der Waals surface area contributed by atoms with E-state index in [1.807, 2.05) is 13.0 Å². The molecular formula is C27H28F3N3O4. The van der Waals surface area contributed by atoms with Gasteiger partial charge in [0.1, 0.15) is 17.5 Å². The maximum absolute atomic E-state index is 13.2. The van der Waals surface area contributed by atoms with Crippen molar-refractivity contribution in [3.05, 3.63) is 76.6 Å². The first-order valence-electron chi connectivity index (χ1n) is 12.0. The van der Waals surface area contributed by atoms with Gasteiger partial charge in [-0.15, -0.1) is 0 Å². The zero-order valence-electron chi connectivity index (χ0n) is 20.5. The molecule has 1 fully saturated rings. The van der Waals surface area contributed by atoms with Gasteiger partial charge in [0.25, 0.3) is 5.91 Å². The fraction of sp³-hybridized carbons (Fsp3) is 0.370. The first kappa shape index (κ1) is 26.2. The fourth-order valence-electron chi connectivity index (χ4n) is 4.42. The predicted molar refractivity (Wildman–Crippen MR) is 130 cm³/mol. The molecule has 1 aliphatic carbocycles. The minimum Gasteiger partial charge on any atom is -0.483 e. The molecule has 1 amide bonds. The summed E-state index contributed by atoms with van der Waals surface area (Å²) in [4.78, 5) is 23.0. The molecule has 3 aromatic rings. The van der Waals surface area contributed by atoms with Gasteiger partial charge in [0.15, 0.2) is 0 Å². The standard InChI is InChI=1S/C27H28F3N3O4/c1-16-12-17(2)24(33-15-21(14-32-33)27(28,29)30)22(13-16)37-25(18-4-3-5-18)19-6-8-20(9-7-19)26(36)31-11-10-23(34)35/h6-9,12-15,18,25H,3-5,10-11H2,1-2H3,(H,31,36)(H,34,35). The molecule has 1 unspecified atom stereocenters. The number of aliphatic carboxylic acids is 1. The molecule has 4 rings (SSSR count). The Morgan fingerprint density at radius 3 is 2.46 bits per heavy atom. The van der Waals surface area contributed by atoms with Crippen LogP contribution in [0.2, 0.25) is 0 Å². The number of hydrogen-bond acceptors (Lipinski definition) is 4. The third-order valence-corrected chi connectivity index (χ3v) is 6.51. The Morgan fingerprint density at radius 1 is 1.19 bits per heavy atom. The van der Waals surface area contributed by atoms with Crippen LogP contribution in [0.5, 0.6) is 5.75 Å². The van der Waals surface area contributed by atoms with Crippen LogP contribution in [0.1, 0.15) is 64.4 Å². The molecule has 1 aromatic heterocycles. The number of alkyl halides is 3. The molecule has 10 heteroatoms. The number of carboxylic acid groups (broad SMARTS) is 1. The van der Waals surface area contributed by atoms with E-state index in [2.05, 4.69) is 10.4 Å². The van der Waals surface area contributed by atoms with Gasteiger partial charge in [0.05, 0.1) is 18.2 Å². The molecule has 0 radical (unpaired) electrons. The summed E-state index contributed by atoms with van der Waals surface area (Å²) in [7, 11) is 0. The number of carbonyl (C=O) groups excluding carboxylic acids is 1. The SMILES string of the molecule is Cc1cc(C)c(-n2cc(C(F)(F)F)cn2)c(OC(c2ccc(C(=O)NCCC(=O)O)cc2)C2CCC2)c1. The average molecular weight is 516 g/mol. The second-order valence-electron chi connectivity index (χ2n) is 9.35. The van der Waals surface area contributed by atoms with Crippen molar-refractivity contribution in [2.45, 2.75) is 51.8 Å². The Balaban J connectivity index is 1.62. The Kier molecular flexibility index (Phi) is 7.56. The molecule has 0 spiro atoms. The van der Waals surface area contributed by atoms with Crippen molar-refractivity contribution < 1.29 is 32.6 Å².